The van der Waals surface area contributed by atoms with E-state index in [4.69, 9.17) is 24.8 Å². The van der Waals surface area contributed by atoms with Crippen LogP contribution < -0.4 is 5.73 Å². The SMILES string of the molecule is CC/C=C/C/C=C/C/C=C/C/C=C/C/C=C/CCCCCC(=O)O[C@H](COC(=O)CCCCC/C=C/C/C=C/C/C=C/C/C=C/CCC)COP(=O)(O)OC[C@H](N)C(=O)O. The van der Waals surface area contributed by atoms with Crippen molar-refractivity contribution < 1.29 is 47.5 Å². The number of phosphoric ester groups is 1. The molecule has 4 N–H and O–H groups in total. The molecule has 11 nitrogen and oxygen atoms in total. The Morgan fingerprint density at radius 2 is 0.933 bits per heavy atom. The highest BCUT2D eigenvalue weighted by molar-refractivity contribution is 7.47. The van der Waals surface area contributed by atoms with Crippen LogP contribution in [0.2, 0.25) is 0 Å². The number of nitrogens with two attached hydrogens (primary N) is 1. The second-order valence-electron chi connectivity index (χ2n) is 14.1. The number of carboxylic acids is 1. The Hall–Kier alpha value is -3.86. The van der Waals surface area contributed by atoms with Crippen molar-refractivity contribution in [2.24, 2.45) is 5.73 Å². The number of unbranched alkanes of at least 4 members (excludes halogenated alkanes) is 7. The molecule has 0 aliphatic carbocycles. The lowest BCUT2D eigenvalue weighted by molar-refractivity contribution is -0.161. The highest BCUT2D eigenvalue weighted by Gasteiger charge is 2.28. The number of rotatable bonds is 39. The summed E-state index contributed by atoms with van der Waals surface area (Å²) in [4.78, 5) is 46.0. The average molecular weight is 858 g/mol. The Kier molecular flexibility index (Phi) is 39.2. The summed E-state index contributed by atoms with van der Waals surface area (Å²) in [5.41, 5.74) is 5.33. The standard InChI is InChI=1S/C48H76NO10P/c1-3-5-7-9-11-13-15-17-19-21-22-24-26-28-30-32-34-36-38-40-47(51)59-44(42-57-60(54,55)58-43-45(49)48(52)53)41-56-46(50)39-37-35-33-31-29-27-25-23-20-18-16-14-12-10-8-6-4-2/h5,7-8,10-11,13-14,16-17,19-20,22-24,27-30,44-45H,3-4,6,9,12,15,18,21,25-26,31-43,49H2,1-2H3,(H,52,53)(H,54,55)/b7-5+,10-8+,13-11+,16-14+,19-17+,23-20+,24-22+,29-27+,30-28+/t44-,45+/m1/s1. The lowest BCUT2D eigenvalue weighted by atomic mass is 10.1. The number of allylic oxidation sites excluding steroid dienone is 18. The molecule has 338 valence electrons. The minimum absolute atomic E-state index is 0.107. The molecular formula is C48H76NO10P. The van der Waals surface area contributed by atoms with Crippen molar-refractivity contribution in [3.05, 3.63) is 109 Å². The number of carbonyl (C=O) groups excluding carboxylic acids is 2. The number of ether oxygens (including phenoxy) is 2. The van der Waals surface area contributed by atoms with Crippen LogP contribution in [0, 0.1) is 0 Å². The zero-order valence-corrected chi connectivity index (χ0v) is 37.4. The molecule has 0 fully saturated rings. The average Bonchev–Trinajstić information content (AvgIpc) is 3.22. The van der Waals surface area contributed by atoms with E-state index in [0.717, 1.165) is 96.3 Å². The molecule has 0 aliphatic rings. The van der Waals surface area contributed by atoms with Gasteiger partial charge < -0.3 is 25.2 Å². The molecule has 0 spiro atoms. The fourth-order valence-electron chi connectivity index (χ4n) is 5.08. The Morgan fingerprint density at radius 3 is 1.37 bits per heavy atom. The largest absolute Gasteiger partial charge is 0.480 e. The van der Waals surface area contributed by atoms with Crippen LogP contribution in [-0.4, -0.2) is 59.9 Å². The smallest absolute Gasteiger partial charge is 0.472 e. The van der Waals surface area contributed by atoms with E-state index in [1.165, 1.54) is 6.42 Å². The van der Waals surface area contributed by atoms with Crippen LogP contribution in [0.4, 0.5) is 0 Å². The van der Waals surface area contributed by atoms with Crippen LogP contribution in [0.15, 0.2) is 109 Å². The summed E-state index contributed by atoms with van der Waals surface area (Å²) in [7, 11) is -4.74. The number of carboxylic acid groups (broad SMARTS) is 1. The van der Waals surface area contributed by atoms with Crippen molar-refractivity contribution in [3.8, 4) is 0 Å². The van der Waals surface area contributed by atoms with Gasteiger partial charge in [0.2, 0.25) is 0 Å². The molecule has 0 aliphatic heterocycles. The van der Waals surface area contributed by atoms with E-state index < -0.39 is 51.1 Å². The number of aliphatic carboxylic acids is 1. The zero-order chi connectivity index (χ0) is 44.2. The molecular weight excluding hydrogens is 781 g/mol. The molecule has 0 rings (SSSR count). The molecule has 1 unspecified atom stereocenters. The zero-order valence-electron chi connectivity index (χ0n) is 36.5. The Morgan fingerprint density at radius 1 is 0.533 bits per heavy atom. The number of esters is 2. The van der Waals surface area contributed by atoms with Gasteiger partial charge in [-0.1, -0.05) is 142 Å². The summed E-state index contributed by atoms with van der Waals surface area (Å²) in [5, 5.41) is 8.89. The number of hydrogen-bond acceptors (Lipinski definition) is 9. The molecule has 0 heterocycles. The van der Waals surface area contributed by atoms with Gasteiger partial charge in [-0.05, 0) is 96.3 Å². The molecule has 0 aromatic rings. The van der Waals surface area contributed by atoms with Crippen molar-refractivity contribution in [3.63, 3.8) is 0 Å². The van der Waals surface area contributed by atoms with Gasteiger partial charge in [-0.2, -0.15) is 0 Å². The molecule has 0 radical (unpaired) electrons. The molecule has 0 saturated carbocycles. The van der Waals surface area contributed by atoms with Gasteiger partial charge >= 0.3 is 25.7 Å². The molecule has 0 aromatic heterocycles. The summed E-state index contributed by atoms with van der Waals surface area (Å²) < 4.78 is 32.6. The second-order valence-corrected chi connectivity index (χ2v) is 15.5. The first-order chi connectivity index (χ1) is 29.1. The molecule has 3 atom stereocenters. The highest BCUT2D eigenvalue weighted by Crippen LogP contribution is 2.43. The van der Waals surface area contributed by atoms with E-state index in [1.54, 1.807) is 0 Å². The lowest BCUT2D eigenvalue weighted by Gasteiger charge is -2.20. The molecule has 60 heavy (non-hydrogen) atoms. The molecule has 0 saturated heterocycles. The normalized spacial score (nSPS) is 14.7. The van der Waals surface area contributed by atoms with Gasteiger partial charge in [-0.3, -0.25) is 23.4 Å². The first-order valence-electron chi connectivity index (χ1n) is 21.9. The number of phosphoric acid groups is 1. The first-order valence-corrected chi connectivity index (χ1v) is 23.4. The second kappa shape index (κ2) is 41.9. The summed E-state index contributed by atoms with van der Waals surface area (Å²) in [6.07, 6.45) is 54.3. The van der Waals surface area contributed by atoms with Gasteiger partial charge in [0.15, 0.2) is 6.10 Å². The van der Waals surface area contributed by atoms with E-state index in [-0.39, 0.29) is 19.4 Å². The molecule has 0 bridgehead atoms. The van der Waals surface area contributed by atoms with Gasteiger partial charge in [0.25, 0.3) is 0 Å². The van der Waals surface area contributed by atoms with Crippen LogP contribution in [-0.2, 0) is 37.5 Å². The summed E-state index contributed by atoms with van der Waals surface area (Å²) in [6.45, 7) is 2.53. The quantitative estimate of drug-likeness (QED) is 0.0232. The van der Waals surface area contributed by atoms with Gasteiger partial charge in [-0.25, -0.2) is 4.57 Å². The van der Waals surface area contributed by atoms with Crippen LogP contribution in [0.1, 0.15) is 142 Å². The van der Waals surface area contributed by atoms with Crippen molar-refractivity contribution in [2.45, 2.75) is 154 Å². The molecule has 0 amide bonds. The monoisotopic (exact) mass is 858 g/mol. The van der Waals surface area contributed by atoms with E-state index in [2.05, 4.69) is 128 Å². The van der Waals surface area contributed by atoms with Crippen LogP contribution >= 0.6 is 7.82 Å². The maximum atomic E-state index is 12.6. The summed E-state index contributed by atoms with van der Waals surface area (Å²) in [6, 6.07) is -1.54. The number of carbonyl (C=O) groups is 3. The van der Waals surface area contributed by atoms with Crippen molar-refractivity contribution in [2.75, 3.05) is 19.8 Å². The third kappa shape index (κ3) is 40.9. The highest BCUT2D eigenvalue weighted by atomic mass is 31.2. The minimum atomic E-state index is -4.74. The third-order valence-corrected chi connectivity index (χ3v) is 9.44. The lowest BCUT2D eigenvalue weighted by Crippen LogP contribution is -2.34. The minimum Gasteiger partial charge on any atom is -0.480 e. The van der Waals surface area contributed by atoms with Gasteiger partial charge in [0, 0.05) is 12.8 Å². The molecule has 0 aromatic carbocycles. The Labute approximate surface area is 361 Å². The predicted octanol–water partition coefficient (Wildman–Crippen LogP) is 11.8. The fourth-order valence-corrected chi connectivity index (χ4v) is 5.86. The Balaban J connectivity index is 4.51. The van der Waals surface area contributed by atoms with Crippen LogP contribution in [0.5, 0.6) is 0 Å². The Bertz CT molecular complexity index is 1430. The van der Waals surface area contributed by atoms with E-state index in [9.17, 15) is 23.8 Å². The van der Waals surface area contributed by atoms with Gasteiger partial charge in [0.05, 0.1) is 13.2 Å². The van der Waals surface area contributed by atoms with Gasteiger partial charge in [0.1, 0.15) is 12.6 Å². The summed E-state index contributed by atoms with van der Waals surface area (Å²) >= 11 is 0. The maximum absolute atomic E-state index is 12.6. The first kappa shape index (κ1) is 56.1. The topological polar surface area (TPSA) is 172 Å². The maximum Gasteiger partial charge on any atom is 0.472 e. The fraction of sp³-hybridized carbons (Fsp3) is 0.562. The van der Waals surface area contributed by atoms with E-state index >= 15 is 0 Å². The van der Waals surface area contributed by atoms with Crippen molar-refractivity contribution >= 4 is 25.7 Å². The molecule has 12 heteroatoms. The van der Waals surface area contributed by atoms with Crippen LogP contribution in [0.3, 0.4) is 0 Å². The van der Waals surface area contributed by atoms with Crippen molar-refractivity contribution in [1.82, 2.24) is 0 Å². The van der Waals surface area contributed by atoms with Crippen molar-refractivity contribution in [1.29, 1.82) is 0 Å². The summed E-state index contributed by atoms with van der Waals surface area (Å²) in [5.74, 6) is -2.48. The number of hydrogen-bond donors (Lipinski definition) is 3. The van der Waals surface area contributed by atoms with E-state index in [1.807, 2.05) is 0 Å². The predicted molar refractivity (Wildman–Crippen MR) is 244 cm³/mol. The van der Waals surface area contributed by atoms with Gasteiger partial charge in [-0.15, -0.1) is 0 Å². The van der Waals surface area contributed by atoms with Crippen LogP contribution in [0.25, 0.3) is 0 Å². The third-order valence-electron chi connectivity index (χ3n) is 8.49. The van der Waals surface area contributed by atoms with E-state index in [0.29, 0.717) is 12.8 Å².